The molecule has 0 aliphatic carbocycles. The highest BCUT2D eigenvalue weighted by molar-refractivity contribution is 5.90. The van der Waals surface area contributed by atoms with Crippen LogP contribution >= 0.6 is 24.8 Å². The Morgan fingerprint density at radius 3 is 1.48 bits per heavy atom. The van der Waals surface area contributed by atoms with Gasteiger partial charge >= 0.3 is 17.9 Å². The van der Waals surface area contributed by atoms with Crippen molar-refractivity contribution >= 4 is 60.4 Å². The van der Waals surface area contributed by atoms with Gasteiger partial charge in [0.25, 0.3) is 0 Å². The molecule has 2 atom stereocenters. The number of carboxylic acid groups (broad SMARTS) is 1. The van der Waals surface area contributed by atoms with Gasteiger partial charge in [-0.3, -0.25) is 28.8 Å². The van der Waals surface area contributed by atoms with Crippen molar-refractivity contribution in [2.24, 2.45) is 5.73 Å². The monoisotopic (exact) mass is 683 g/mol. The van der Waals surface area contributed by atoms with E-state index in [9.17, 15) is 28.8 Å². The van der Waals surface area contributed by atoms with Gasteiger partial charge in [0, 0.05) is 26.2 Å². The third kappa shape index (κ3) is 13.8. The molecule has 0 unspecified atom stereocenters. The third-order valence-corrected chi connectivity index (χ3v) is 6.66. The number of esters is 2. The number of hydrogen-bond donors (Lipinski definition) is 4. The molecule has 3 amide bonds. The molecule has 46 heavy (non-hydrogen) atoms. The number of nitrogens with zero attached hydrogens (tertiary/aromatic N) is 2. The molecule has 2 aromatic carbocycles. The Labute approximate surface area is 278 Å². The molecule has 14 nitrogen and oxygen atoms in total. The van der Waals surface area contributed by atoms with Gasteiger partial charge in [-0.1, -0.05) is 60.7 Å². The number of amides is 3. The van der Waals surface area contributed by atoms with E-state index >= 15 is 0 Å². The quantitative estimate of drug-likeness (QED) is 0.224. The van der Waals surface area contributed by atoms with Crippen LogP contribution in [0.25, 0.3) is 0 Å². The van der Waals surface area contributed by atoms with E-state index in [0.29, 0.717) is 26.2 Å². The van der Waals surface area contributed by atoms with E-state index in [1.54, 1.807) is 0 Å². The number of carbonyl (C=O) groups is 6. The molecule has 252 valence electrons. The first kappa shape index (κ1) is 39.8. The molecule has 2 heterocycles. The Morgan fingerprint density at radius 1 is 0.717 bits per heavy atom. The van der Waals surface area contributed by atoms with Gasteiger partial charge in [0.2, 0.25) is 17.7 Å². The van der Waals surface area contributed by atoms with Crippen LogP contribution < -0.4 is 16.4 Å². The average Bonchev–Trinajstić information content (AvgIpc) is 3.00. The van der Waals surface area contributed by atoms with Gasteiger partial charge in [-0.05, 0) is 11.1 Å². The van der Waals surface area contributed by atoms with E-state index in [-0.39, 0.29) is 75.8 Å². The normalized spacial score (nSPS) is 17.3. The average molecular weight is 685 g/mol. The number of primary amides is 1. The van der Waals surface area contributed by atoms with E-state index in [0.717, 1.165) is 11.1 Å². The van der Waals surface area contributed by atoms with Crippen molar-refractivity contribution in [3.63, 3.8) is 0 Å². The fourth-order valence-electron chi connectivity index (χ4n) is 4.49. The SMILES string of the molecule is Cl.Cl.NC(=O)CN1CCN[C@@H](CC(=O)OCc2ccccc2)C1=O.O=C(O)CN1CCN[C@@H](CC(=O)OCc2ccccc2)C1=O. The van der Waals surface area contributed by atoms with Crippen LogP contribution in [0, 0.1) is 0 Å². The molecular weight excluding hydrogens is 645 g/mol. The summed E-state index contributed by atoms with van der Waals surface area (Å²) >= 11 is 0. The van der Waals surface area contributed by atoms with Crippen LogP contribution in [0.15, 0.2) is 60.7 Å². The highest BCUT2D eigenvalue weighted by Gasteiger charge is 2.32. The van der Waals surface area contributed by atoms with Crippen molar-refractivity contribution in [2.75, 3.05) is 39.3 Å². The first-order valence-electron chi connectivity index (χ1n) is 14.1. The fraction of sp³-hybridized carbons (Fsp3) is 0.400. The summed E-state index contributed by atoms with van der Waals surface area (Å²) < 4.78 is 10.3. The number of hydrogen-bond acceptors (Lipinski definition) is 10. The van der Waals surface area contributed by atoms with Gasteiger partial charge < -0.3 is 40.7 Å². The van der Waals surface area contributed by atoms with E-state index in [2.05, 4.69) is 10.6 Å². The molecular formula is C30H39Cl2N5O9. The number of piperazine rings is 2. The predicted molar refractivity (Wildman–Crippen MR) is 170 cm³/mol. The first-order chi connectivity index (χ1) is 21.1. The van der Waals surface area contributed by atoms with Gasteiger partial charge in [0.15, 0.2) is 0 Å². The highest BCUT2D eigenvalue weighted by Crippen LogP contribution is 2.09. The molecule has 0 aromatic heterocycles. The second kappa shape index (κ2) is 20.7. The number of ether oxygens (including phenoxy) is 2. The lowest BCUT2D eigenvalue weighted by atomic mass is 10.1. The largest absolute Gasteiger partial charge is 0.480 e. The van der Waals surface area contributed by atoms with Crippen LogP contribution in [0.2, 0.25) is 0 Å². The maximum absolute atomic E-state index is 12.1. The van der Waals surface area contributed by atoms with E-state index in [1.807, 2.05) is 60.7 Å². The topological polar surface area (TPSA) is 198 Å². The van der Waals surface area contributed by atoms with Crippen LogP contribution in [0.3, 0.4) is 0 Å². The van der Waals surface area contributed by atoms with E-state index < -0.39 is 35.9 Å². The number of aliphatic carboxylic acids is 1. The summed E-state index contributed by atoms with van der Waals surface area (Å²) in [6.07, 6.45) is -0.178. The number of halogens is 2. The number of carboxylic acids is 1. The molecule has 0 bridgehead atoms. The Morgan fingerprint density at radius 2 is 1.11 bits per heavy atom. The standard InChI is InChI=1S/C15H19N3O4.C15H18N2O5.2ClH/c16-13(19)9-18-7-6-17-12(15(18)21)8-14(20)22-10-11-4-2-1-3-5-11;18-13(19)9-17-7-6-16-12(15(17)21)8-14(20)22-10-11-4-2-1-3-5-11;;/h1-5,12,17H,6-10H2,(H2,16,19);1-5,12,16H,6-10H2,(H,18,19);2*1H/t2*12-;;/m00../s1. The van der Waals surface area contributed by atoms with E-state index in [4.69, 9.17) is 20.3 Å². The maximum Gasteiger partial charge on any atom is 0.323 e. The molecule has 2 fully saturated rings. The van der Waals surface area contributed by atoms with Crippen molar-refractivity contribution in [1.29, 1.82) is 0 Å². The molecule has 16 heteroatoms. The molecule has 2 aromatic rings. The van der Waals surface area contributed by atoms with Crippen molar-refractivity contribution in [1.82, 2.24) is 20.4 Å². The van der Waals surface area contributed by atoms with Crippen molar-refractivity contribution in [3.8, 4) is 0 Å². The number of nitrogens with two attached hydrogens (primary N) is 1. The first-order valence-corrected chi connectivity index (χ1v) is 14.1. The van der Waals surface area contributed by atoms with Gasteiger partial charge in [-0.25, -0.2) is 0 Å². The minimum Gasteiger partial charge on any atom is -0.480 e. The van der Waals surface area contributed by atoms with Gasteiger partial charge in [0.05, 0.1) is 31.5 Å². The van der Waals surface area contributed by atoms with Gasteiger partial charge in [0.1, 0.15) is 19.8 Å². The zero-order chi connectivity index (χ0) is 31.9. The minimum atomic E-state index is -1.07. The lowest BCUT2D eigenvalue weighted by molar-refractivity contribution is -0.151. The molecule has 5 N–H and O–H groups in total. The Bertz CT molecular complexity index is 1200. The van der Waals surface area contributed by atoms with Crippen molar-refractivity contribution in [2.45, 2.75) is 38.1 Å². The number of rotatable bonds is 12. The summed E-state index contributed by atoms with van der Waals surface area (Å²) in [6, 6.07) is 17.1. The zero-order valence-corrected chi connectivity index (χ0v) is 26.6. The molecule has 0 saturated carbocycles. The summed E-state index contributed by atoms with van der Waals surface area (Å²) in [4.78, 5) is 72.0. The summed E-state index contributed by atoms with van der Waals surface area (Å²) in [5.74, 6) is -3.28. The molecule has 0 radical (unpaired) electrons. The maximum atomic E-state index is 12.1. The number of benzene rings is 2. The molecule has 2 aliphatic heterocycles. The molecule has 0 spiro atoms. The third-order valence-electron chi connectivity index (χ3n) is 6.66. The van der Waals surface area contributed by atoms with Gasteiger partial charge in [-0.2, -0.15) is 0 Å². The fourth-order valence-corrected chi connectivity index (χ4v) is 4.49. The van der Waals surface area contributed by atoms with Crippen LogP contribution in [-0.2, 0) is 51.5 Å². The number of carbonyl (C=O) groups excluding carboxylic acids is 5. The Hall–Kier alpha value is -4.24. The molecule has 2 saturated heterocycles. The van der Waals surface area contributed by atoms with Crippen LogP contribution in [0.4, 0.5) is 0 Å². The molecule has 4 rings (SSSR count). The second-order valence-electron chi connectivity index (χ2n) is 10.1. The minimum absolute atomic E-state index is 0. The predicted octanol–water partition coefficient (Wildman–Crippen LogP) is 0.254. The summed E-state index contributed by atoms with van der Waals surface area (Å²) in [6.45, 7) is 1.53. The highest BCUT2D eigenvalue weighted by atomic mass is 35.5. The lowest BCUT2D eigenvalue weighted by Crippen LogP contribution is -2.57. The molecule has 2 aliphatic rings. The Kier molecular flexibility index (Phi) is 17.9. The van der Waals surface area contributed by atoms with Crippen LogP contribution in [0.5, 0.6) is 0 Å². The second-order valence-corrected chi connectivity index (χ2v) is 10.1. The lowest BCUT2D eigenvalue weighted by Gasteiger charge is -2.31. The van der Waals surface area contributed by atoms with Crippen molar-refractivity contribution < 1.29 is 43.3 Å². The zero-order valence-electron chi connectivity index (χ0n) is 25.0. The van der Waals surface area contributed by atoms with Gasteiger partial charge in [-0.15, -0.1) is 24.8 Å². The van der Waals surface area contributed by atoms with E-state index in [1.165, 1.54) is 9.80 Å². The van der Waals surface area contributed by atoms with Crippen LogP contribution in [-0.4, -0.2) is 102 Å². The van der Waals surface area contributed by atoms with Crippen LogP contribution in [0.1, 0.15) is 24.0 Å². The summed E-state index contributed by atoms with van der Waals surface area (Å²) in [7, 11) is 0. The Balaban J connectivity index is 0.000000441. The van der Waals surface area contributed by atoms with Crippen molar-refractivity contribution in [3.05, 3.63) is 71.8 Å². The summed E-state index contributed by atoms with van der Waals surface area (Å²) in [5.41, 5.74) is 6.85. The smallest absolute Gasteiger partial charge is 0.323 e. The number of nitrogens with one attached hydrogen (secondary N) is 2. The summed E-state index contributed by atoms with van der Waals surface area (Å²) in [5, 5.41) is 14.6.